The third kappa shape index (κ3) is 5.13. The van der Waals surface area contributed by atoms with Gasteiger partial charge in [0, 0.05) is 12.0 Å². The molecule has 0 aromatic heterocycles. The van der Waals surface area contributed by atoms with Crippen LogP contribution in [-0.4, -0.2) is 25.7 Å². The van der Waals surface area contributed by atoms with Crippen LogP contribution >= 0.6 is 15.9 Å². The number of halogens is 1. The minimum Gasteiger partial charge on any atom is -0.492 e. The summed E-state index contributed by atoms with van der Waals surface area (Å²) >= 11 is 3.08. The molecule has 0 aliphatic carbocycles. The minimum atomic E-state index is -3.56. The van der Waals surface area contributed by atoms with Crippen LogP contribution in [0.1, 0.15) is 6.92 Å². The lowest BCUT2D eigenvalue weighted by molar-refractivity contribution is -0.385. The van der Waals surface area contributed by atoms with E-state index in [9.17, 15) is 18.5 Å². The van der Waals surface area contributed by atoms with E-state index in [1.807, 2.05) is 0 Å². The SMILES string of the molecule is CC(COc1cccc([N+](=O)[O-])c1Br)CS(N)(=O)=O. The van der Waals surface area contributed by atoms with Crippen LogP contribution in [-0.2, 0) is 10.0 Å². The number of sulfonamides is 1. The van der Waals surface area contributed by atoms with Gasteiger partial charge < -0.3 is 4.74 Å². The summed E-state index contributed by atoms with van der Waals surface area (Å²) in [6.45, 7) is 1.76. The molecule has 0 aliphatic heterocycles. The highest BCUT2D eigenvalue weighted by Gasteiger charge is 2.17. The fourth-order valence-corrected chi connectivity index (χ4v) is 2.84. The van der Waals surface area contributed by atoms with Gasteiger partial charge in [0.15, 0.2) is 0 Å². The van der Waals surface area contributed by atoms with Crippen molar-refractivity contribution < 1.29 is 18.1 Å². The second kappa shape index (κ2) is 6.31. The van der Waals surface area contributed by atoms with Gasteiger partial charge in [-0.3, -0.25) is 10.1 Å². The van der Waals surface area contributed by atoms with Crippen LogP contribution in [0.15, 0.2) is 22.7 Å². The van der Waals surface area contributed by atoms with Crippen LogP contribution in [0.5, 0.6) is 5.75 Å². The van der Waals surface area contributed by atoms with Gasteiger partial charge in [0.1, 0.15) is 10.2 Å². The summed E-state index contributed by atoms with van der Waals surface area (Å²) in [6.07, 6.45) is 0. The van der Waals surface area contributed by atoms with Gasteiger partial charge in [0.2, 0.25) is 10.0 Å². The van der Waals surface area contributed by atoms with Crippen LogP contribution in [0, 0.1) is 16.0 Å². The molecule has 19 heavy (non-hydrogen) atoms. The molecule has 0 aliphatic rings. The van der Waals surface area contributed by atoms with Gasteiger partial charge in [0.25, 0.3) is 5.69 Å². The van der Waals surface area contributed by atoms with Crippen LogP contribution < -0.4 is 9.88 Å². The van der Waals surface area contributed by atoms with Crippen molar-refractivity contribution in [1.29, 1.82) is 0 Å². The Kier molecular flexibility index (Phi) is 5.27. The van der Waals surface area contributed by atoms with Crippen molar-refractivity contribution in [2.45, 2.75) is 6.92 Å². The summed E-state index contributed by atoms with van der Waals surface area (Å²) in [6, 6.07) is 4.38. The van der Waals surface area contributed by atoms with Gasteiger partial charge >= 0.3 is 0 Å². The molecular weight excluding hydrogens is 340 g/mol. The molecule has 1 atom stereocenters. The zero-order chi connectivity index (χ0) is 14.6. The summed E-state index contributed by atoms with van der Waals surface area (Å²) < 4.78 is 27.4. The molecule has 0 fully saturated rings. The summed E-state index contributed by atoms with van der Waals surface area (Å²) in [4.78, 5) is 10.2. The van der Waals surface area contributed by atoms with Crippen molar-refractivity contribution in [3.63, 3.8) is 0 Å². The molecule has 1 rings (SSSR count). The van der Waals surface area contributed by atoms with Gasteiger partial charge in [0.05, 0.1) is 17.3 Å². The van der Waals surface area contributed by atoms with Gasteiger partial charge in [-0.25, -0.2) is 13.6 Å². The first kappa shape index (κ1) is 15.9. The molecule has 1 aromatic rings. The van der Waals surface area contributed by atoms with Crippen molar-refractivity contribution in [1.82, 2.24) is 0 Å². The van der Waals surface area contributed by atoms with Crippen molar-refractivity contribution in [2.24, 2.45) is 11.1 Å². The Hall–Kier alpha value is -1.19. The maximum Gasteiger partial charge on any atom is 0.287 e. The number of nitro groups is 1. The number of benzene rings is 1. The molecule has 106 valence electrons. The average molecular weight is 353 g/mol. The first-order valence-electron chi connectivity index (χ1n) is 5.27. The highest BCUT2D eigenvalue weighted by Crippen LogP contribution is 2.33. The number of ether oxygens (including phenoxy) is 1. The van der Waals surface area contributed by atoms with Gasteiger partial charge in [-0.1, -0.05) is 13.0 Å². The molecule has 0 amide bonds. The maximum absolute atomic E-state index is 10.9. The number of rotatable bonds is 6. The Morgan fingerprint density at radius 2 is 2.16 bits per heavy atom. The Labute approximate surface area is 119 Å². The first-order valence-corrected chi connectivity index (χ1v) is 7.77. The van der Waals surface area contributed by atoms with Crippen molar-refractivity contribution in [2.75, 3.05) is 12.4 Å². The Balaban J connectivity index is 2.74. The lowest BCUT2D eigenvalue weighted by atomic mass is 10.2. The summed E-state index contributed by atoms with van der Waals surface area (Å²) in [5.41, 5.74) is -0.114. The van der Waals surface area contributed by atoms with E-state index in [2.05, 4.69) is 15.9 Å². The van der Waals surface area contributed by atoms with Gasteiger partial charge in [-0.15, -0.1) is 0 Å². The van der Waals surface area contributed by atoms with Crippen molar-refractivity contribution in [3.05, 3.63) is 32.8 Å². The molecule has 1 aromatic carbocycles. The van der Waals surface area contributed by atoms with Crippen molar-refractivity contribution in [3.8, 4) is 5.75 Å². The van der Waals surface area contributed by atoms with E-state index in [0.29, 0.717) is 0 Å². The second-order valence-corrected chi connectivity index (χ2v) is 6.54. The van der Waals surface area contributed by atoms with Crippen LogP contribution in [0.25, 0.3) is 0 Å². The number of hydrogen-bond acceptors (Lipinski definition) is 5. The number of nitrogens with zero attached hydrogens (tertiary/aromatic N) is 1. The fourth-order valence-electron chi connectivity index (χ4n) is 1.43. The zero-order valence-corrected chi connectivity index (χ0v) is 12.5. The molecule has 0 saturated carbocycles. The van der Waals surface area contributed by atoms with E-state index >= 15 is 0 Å². The summed E-state index contributed by atoms with van der Waals surface area (Å²) in [5.74, 6) is -0.240. The molecule has 1 unspecified atom stereocenters. The molecule has 7 nitrogen and oxygen atoms in total. The third-order valence-corrected chi connectivity index (χ3v) is 4.01. The first-order chi connectivity index (χ1) is 8.70. The van der Waals surface area contributed by atoms with E-state index < -0.39 is 14.9 Å². The number of nitrogens with two attached hydrogens (primary N) is 1. The van der Waals surface area contributed by atoms with Crippen LogP contribution in [0.4, 0.5) is 5.69 Å². The van der Waals surface area contributed by atoms with Gasteiger partial charge in [-0.2, -0.15) is 0 Å². The predicted octanol–water partition coefficient (Wildman–Crippen LogP) is 1.66. The molecule has 9 heteroatoms. The van der Waals surface area contributed by atoms with E-state index in [0.717, 1.165) is 0 Å². The average Bonchev–Trinajstić information content (AvgIpc) is 2.24. The number of primary sulfonamides is 1. The van der Waals surface area contributed by atoms with Crippen molar-refractivity contribution >= 4 is 31.6 Å². The third-order valence-electron chi connectivity index (χ3n) is 2.18. The van der Waals surface area contributed by atoms with Gasteiger partial charge in [-0.05, 0) is 22.0 Å². The summed E-state index contributed by atoms with van der Waals surface area (Å²) in [5, 5.41) is 15.6. The van der Waals surface area contributed by atoms with Crippen LogP contribution in [0.2, 0.25) is 0 Å². The largest absolute Gasteiger partial charge is 0.492 e. The highest BCUT2D eigenvalue weighted by molar-refractivity contribution is 9.10. The number of hydrogen-bond donors (Lipinski definition) is 1. The topological polar surface area (TPSA) is 113 Å². The zero-order valence-electron chi connectivity index (χ0n) is 10.1. The molecule has 0 saturated heterocycles. The standard InChI is InChI=1S/C10H13BrN2O5S/c1-7(6-19(12,16)17)5-18-9-4-2-3-8(10(9)11)13(14)15/h2-4,7H,5-6H2,1H3,(H2,12,16,17). The quantitative estimate of drug-likeness (QED) is 0.617. The smallest absolute Gasteiger partial charge is 0.287 e. The van der Waals surface area contributed by atoms with E-state index in [-0.39, 0.29) is 34.2 Å². The lowest BCUT2D eigenvalue weighted by Gasteiger charge is -2.12. The highest BCUT2D eigenvalue weighted by atomic mass is 79.9. The maximum atomic E-state index is 10.9. The van der Waals surface area contributed by atoms with E-state index in [4.69, 9.17) is 9.88 Å². The number of nitro benzene ring substituents is 1. The molecule has 0 bridgehead atoms. The van der Waals surface area contributed by atoms with E-state index in [1.54, 1.807) is 13.0 Å². The normalized spacial score (nSPS) is 13.0. The molecular formula is C10H13BrN2O5S. The Morgan fingerprint density at radius 3 is 2.68 bits per heavy atom. The van der Waals surface area contributed by atoms with E-state index in [1.165, 1.54) is 12.1 Å². The molecule has 0 spiro atoms. The Morgan fingerprint density at radius 1 is 1.53 bits per heavy atom. The Bertz CT molecular complexity index is 575. The monoisotopic (exact) mass is 352 g/mol. The lowest BCUT2D eigenvalue weighted by Crippen LogP contribution is -2.25. The second-order valence-electron chi connectivity index (χ2n) is 4.09. The van der Waals surface area contributed by atoms with Crippen LogP contribution in [0.3, 0.4) is 0 Å². The summed E-state index contributed by atoms with van der Waals surface area (Å²) in [7, 11) is -3.56. The molecule has 0 radical (unpaired) electrons. The molecule has 2 N–H and O–H groups in total. The minimum absolute atomic E-state index is 0.0935. The molecule has 0 heterocycles. The fraction of sp³-hybridized carbons (Fsp3) is 0.400. The predicted molar refractivity (Wildman–Crippen MR) is 73.4 cm³/mol.